The lowest BCUT2D eigenvalue weighted by Crippen LogP contribution is -2.29. The van der Waals surface area contributed by atoms with Crippen molar-refractivity contribution in [2.24, 2.45) is 0 Å². The average Bonchev–Trinajstić information content (AvgIpc) is 3.17. The zero-order chi connectivity index (χ0) is 15.4. The van der Waals surface area contributed by atoms with Gasteiger partial charge in [-0.2, -0.15) is 5.10 Å². The third-order valence-electron chi connectivity index (χ3n) is 3.55. The molecular weight excluding hydrogens is 276 g/mol. The van der Waals surface area contributed by atoms with Gasteiger partial charge in [0.25, 0.3) is 0 Å². The molecule has 114 valence electrons. The number of hydrogen-bond acceptors (Lipinski definition) is 4. The molecule has 2 aromatic heterocycles. The summed E-state index contributed by atoms with van der Waals surface area (Å²) in [5, 5.41) is 11.8. The van der Waals surface area contributed by atoms with E-state index in [0.717, 1.165) is 23.6 Å². The first-order valence-corrected chi connectivity index (χ1v) is 7.44. The Morgan fingerprint density at radius 1 is 1.27 bits per heavy atom. The van der Waals surface area contributed by atoms with Gasteiger partial charge in [0, 0.05) is 30.1 Å². The van der Waals surface area contributed by atoms with E-state index in [0.29, 0.717) is 12.6 Å². The highest BCUT2D eigenvalue weighted by Gasteiger charge is 2.08. The van der Waals surface area contributed by atoms with Crippen molar-refractivity contribution in [3.05, 3.63) is 60.1 Å². The molecule has 1 atom stereocenters. The van der Waals surface area contributed by atoms with Crippen molar-refractivity contribution in [2.75, 3.05) is 0 Å². The van der Waals surface area contributed by atoms with Crippen LogP contribution in [0.5, 0.6) is 0 Å². The normalized spacial score (nSPS) is 12.5. The summed E-state index contributed by atoms with van der Waals surface area (Å²) < 4.78 is 7.31. The van der Waals surface area contributed by atoms with E-state index in [1.165, 1.54) is 5.56 Å². The van der Waals surface area contributed by atoms with Crippen LogP contribution in [0.1, 0.15) is 18.2 Å². The molecular formula is C17H20N4O. The number of benzene rings is 1. The Morgan fingerprint density at radius 2 is 2.09 bits per heavy atom. The first kappa shape index (κ1) is 14.5. The van der Waals surface area contributed by atoms with Gasteiger partial charge in [-0.25, -0.2) is 0 Å². The predicted octanol–water partition coefficient (Wildman–Crippen LogP) is 3.02. The van der Waals surface area contributed by atoms with Gasteiger partial charge < -0.3 is 9.84 Å². The fraction of sp³-hybridized carbons (Fsp3) is 0.294. The zero-order valence-corrected chi connectivity index (χ0v) is 12.9. The van der Waals surface area contributed by atoms with Crippen LogP contribution in [0.25, 0.3) is 11.3 Å². The van der Waals surface area contributed by atoms with E-state index >= 15 is 0 Å². The summed E-state index contributed by atoms with van der Waals surface area (Å²) in [6.45, 7) is 5.68. The highest BCUT2D eigenvalue weighted by molar-refractivity contribution is 5.59. The molecule has 0 aliphatic carbocycles. The van der Waals surface area contributed by atoms with Gasteiger partial charge in [-0.05, 0) is 19.9 Å². The molecule has 1 unspecified atom stereocenters. The summed E-state index contributed by atoms with van der Waals surface area (Å²) in [5.41, 5.74) is 3.18. The smallest absolute Gasteiger partial charge is 0.151 e. The summed E-state index contributed by atoms with van der Waals surface area (Å²) in [6, 6.07) is 12.5. The average molecular weight is 296 g/mol. The quantitative estimate of drug-likeness (QED) is 0.759. The Labute approximate surface area is 129 Å². The van der Waals surface area contributed by atoms with Crippen LogP contribution in [0, 0.1) is 6.92 Å². The van der Waals surface area contributed by atoms with Gasteiger partial charge in [-0.1, -0.05) is 35.0 Å². The monoisotopic (exact) mass is 296 g/mol. The van der Waals surface area contributed by atoms with Crippen molar-refractivity contribution in [2.45, 2.75) is 33.0 Å². The maximum Gasteiger partial charge on any atom is 0.151 e. The molecule has 1 aromatic carbocycles. The van der Waals surface area contributed by atoms with Crippen LogP contribution in [0.4, 0.5) is 0 Å². The van der Waals surface area contributed by atoms with Crippen LogP contribution in [0.2, 0.25) is 0 Å². The summed E-state index contributed by atoms with van der Waals surface area (Å²) in [4.78, 5) is 0. The molecule has 2 heterocycles. The van der Waals surface area contributed by atoms with E-state index < -0.39 is 0 Å². The van der Waals surface area contributed by atoms with Crippen molar-refractivity contribution >= 4 is 0 Å². The molecule has 22 heavy (non-hydrogen) atoms. The number of nitrogens with zero attached hydrogens (tertiary/aromatic N) is 3. The molecule has 0 saturated heterocycles. The summed E-state index contributed by atoms with van der Waals surface area (Å²) in [6.07, 6.45) is 3.75. The number of aryl methyl sites for hydroxylation is 1. The van der Waals surface area contributed by atoms with Gasteiger partial charge in [0.1, 0.15) is 5.69 Å². The zero-order valence-electron chi connectivity index (χ0n) is 12.9. The van der Waals surface area contributed by atoms with Crippen LogP contribution >= 0.6 is 0 Å². The minimum Gasteiger partial charge on any atom is -0.359 e. The SMILES string of the molecule is Cc1ccc(-c2cc(CNC(C)Cn3cccn3)on2)cc1. The lowest BCUT2D eigenvalue weighted by Gasteiger charge is -2.12. The first-order valence-electron chi connectivity index (χ1n) is 7.44. The topological polar surface area (TPSA) is 55.9 Å². The minimum atomic E-state index is 0.299. The molecule has 5 heteroatoms. The number of aromatic nitrogens is 3. The van der Waals surface area contributed by atoms with Crippen LogP contribution in [-0.4, -0.2) is 21.0 Å². The fourth-order valence-electron chi connectivity index (χ4n) is 2.29. The van der Waals surface area contributed by atoms with Crippen molar-refractivity contribution in [1.29, 1.82) is 0 Å². The van der Waals surface area contributed by atoms with E-state index in [4.69, 9.17) is 4.52 Å². The van der Waals surface area contributed by atoms with Crippen LogP contribution in [0.15, 0.2) is 53.3 Å². The van der Waals surface area contributed by atoms with Crippen molar-refractivity contribution in [1.82, 2.24) is 20.3 Å². The molecule has 0 radical (unpaired) electrons. The highest BCUT2D eigenvalue weighted by atomic mass is 16.5. The summed E-state index contributed by atoms with van der Waals surface area (Å²) in [5.74, 6) is 0.836. The van der Waals surface area contributed by atoms with Crippen molar-refractivity contribution in [3.63, 3.8) is 0 Å². The number of rotatable bonds is 6. The molecule has 0 fully saturated rings. The van der Waals surface area contributed by atoms with Crippen LogP contribution in [-0.2, 0) is 13.1 Å². The van der Waals surface area contributed by atoms with Gasteiger partial charge in [0.2, 0.25) is 0 Å². The van der Waals surface area contributed by atoms with Crippen LogP contribution in [0.3, 0.4) is 0 Å². The largest absolute Gasteiger partial charge is 0.359 e. The second-order valence-corrected chi connectivity index (χ2v) is 5.55. The van der Waals surface area contributed by atoms with E-state index in [9.17, 15) is 0 Å². The van der Waals surface area contributed by atoms with E-state index in [-0.39, 0.29) is 0 Å². The third-order valence-corrected chi connectivity index (χ3v) is 3.55. The summed E-state index contributed by atoms with van der Waals surface area (Å²) >= 11 is 0. The van der Waals surface area contributed by atoms with Crippen molar-refractivity contribution < 1.29 is 4.52 Å². The van der Waals surface area contributed by atoms with E-state index in [2.05, 4.69) is 53.7 Å². The van der Waals surface area contributed by atoms with E-state index in [1.807, 2.05) is 23.0 Å². The molecule has 5 nitrogen and oxygen atoms in total. The number of nitrogens with one attached hydrogen (secondary N) is 1. The lowest BCUT2D eigenvalue weighted by atomic mass is 10.1. The fourth-order valence-corrected chi connectivity index (χ4v) is 2.29. The Morgan fingerprint density at radius 3 is 2.82 bits per heavy atom. The third kappa shape index (κ3) is 3.62. The van der Waals surface area contributed by atoms with E-state index in [1.54, 1.807) is 6.20 Å². The first-order chi connectivity index (χ1) is 10.7. The second-order valence-electron chi connectivity index (χ2n) is 5.55. The lowest BCUT2D eigenvalue weighted by molar-refractivity contribution is 0.357. The van der Waals surface area contributed by atoms with Gasteiger partial charge in [-0.3, -0.25) is 4.68 Å². The van der Waals surface area contributed by atoms with Crippen molar-refractivity contribution in [3.8, 4) is 11.3 Å². The molecule has 1 N–H and O–H groups in total. The Hall–Kier alpha value is -2.40. The Kier molecular flexibility index (Phi) is 4.34. The molecule has 0 bridgehead atoms. The predicted molar refractivity (Wildman–Crippen MR) is 85.2 cm³/mol. The number of hydrogen-bond donors (Lipinski definition) is 1. The highest BCUT2D eigenvalue weighted by Crippen LogP contribution is 2.19. The van der Waals surface area contributed by atoms with Crippen LogP contribution < -0.4 is 5.32 Å². The maximum absolute atomic E-state index is 5.40. The van der Waals surface area contributed by atoms with Gasteiger partial charge in [0.05, 0.1) is 13.1 Å². The summed E-state index contributed by atoms with van der Waals surface area (Å²) in [7, 11) is 0. The van der Waals surface area contributed by atoms with Gasteiger partial charge in [-0.15, -0.1) is 0 Å². The maximum atomic E-state index is 5.40. The molecule has 0 saturated carbocycles. The molecule has 0 amide bonds. The standard InChI is InChI=1S/C17H20N4O/c1-13-4-6-15(7-5-13)17-10-16(22-20-17)11-18-14(2)12-21-9-3-8-19-21/h3-10,14,18H,11-12H2,1-2H3. The Balaban J connectivity index is 1.56. The minimum absolute atomic E-state index is 0.299. The van der Waals surface area contributed by atoms with Gasteiger partial charge >= 0.3 is 0 Å². The van der Waals surface area contributed by atoms with Gasteiger partial charge in [0.15, 0.2) is 5.76 Å². The molecule has 3 rings (SSSR count). The Bertz CT molecular complexity index is 701. The molecule has 3 aromatic rings. The second kappa shape index (κ2) is 6.58. The molecule has 0 aliphatic rings. The molecule has 0 spiro atoms. The molecule has 0 aliphatic heterocycles.